The molecule has 0 spiro atoms. The molecule has 1 aliphatic rings. The summed E-state index contributed by atoms with van der Waals surface area (Å²) in [6, 6.07) is 9.31. The summed E-state index contributed by atoms with van der Waals surface area (Å²) in [4.78, 5) is 0. The molecule has 1 saturated heterocycles. The Morgan fingerprint density at radius 2 is 2.17 bits per heavy atom. The van der Waals surface area contributed by atoms with E-state index in [2.05, 4.69) is 43.4 Å². The summed E-state index contributed by atoms with van der Waals surface area (Å²) in [5.74, 6) is 0. The monoisotopic (exact) mass is 247 g/mol. The molecular weight excluding hydrogens is 222 g/mol. The van der Waals surface area contributed by atoms with Gasteiger partial charge in [0.1, 0.15) is 0 Å². The van der Waals surface area contributed by atoms with Gasteiger partial charge in [-0.1, -0.05) is 31.2 Å². The highest BCUT2D eigenvalue weighted by Gasteiger charge is 2.20. The Bertz CT molecular complexity index is 364. The van der Waals surface area contributed by atoms with Crippen LogP contribution in [0.3, 0.4) is 0 Å². The lowest BCUT2D eigenvalue weighted by atomic mass is 10.0. The third kappa shape index (κ3) is 3.82. The molecule has 0 amide bonds. The maximum atomic E-state index is 5.70. The summed E-state index contributed by atoms with van der Waals surface area (Å²) in [5, 5.41) is 3.68. The minimum Gasteiger partial charge on any atom is -0.378 e. The number of hydrogen-bond donors (Lipinski definition) is 1. The van der Waals surface area contributed by atoms with Crippen molar-refractivity contribution in [3.05, 3.63) is 35.4 Å². The third-order valence-corrected chi connectivity index (χ3v) is 3.91. The number of ether oxygens (including phenoxy) is 1. The largest absolute Gasteiger partial charge is 0.378 e. The molecular formula is C16H25NO. The van der Waals surface area contributed by atoms with Crippen molar-refractivity contribution in [1.82, 2.24) is 5.32 Å². The zero-order chi connectivity index (χ0) is 12.8. The zero-order valence-corrected chi connectivity index (χ0v) is 11.6. The molecule has 0 saturated carbocycles. The fourth-order valence-electron chi connectivity index (χ4n) is 2.65. The van der Waals surface area contributed by atoms with Crippen LogP contribution in [-0.2, 0) is 11.2 Å². The molecule has 1 N–H and O–H groups in total. The van der Waals surface area contributed by atoms with Crippen molar-refractivity contribution in [1.29, 1.82) is 0 Å². The van der Waals surface area contributed by atoms with Crippen molar-refractivity contribution in [3.63, 3.8) is 0 Å². The SMILES string of the molecule is CCC1CC(NCCc2ccccc2C)CCO1. The predicted octanol–water partition coefficient (Wildman–Crippen LogP) is 3.08. The summed E-state index contributed by atoms with van der Waals surface area (Å²) in [6.45, 7) is 6.39. The van der Waals surface area contributed by atoms with Gasteiger partial charge in [0.25, 0.3) is 0 Å². The van der Waals surface area contributed by atoms with Crippen LogP contribution in [0.15, 0.2) is 24.3 Å². The first-order chi connectivity index (χ1) is 8.79. The summed E-state index contributed by atoms with van der Waals surface area (Å²) in [6.07, 6.45) is 5.06. The van der Waals surface area contributed by atoms with Crippen LogP contribution < -0.4 is 5.32 Å². The number of benzene rings is 1. The van der Waals surface area contributed by atoms with E-state index < -0.39 is 0 Å². The predicted molar refractivity (Wildman–Crippen MR) is 75.9 cm³/mol. The molecule has 0 aliphatic carbocycles. The molecule has 2 unspecified atom stereocenters. The van der Waals surface area contributed by atoms with E-state index in [1.54, 1.807) is 0 Å². The van der Waals surface area contributed by atoms with Gasteiger partial charge in [-0.25, -0.2) is 0 Å². The minimum atomic E-state index is 0.467. The van der Waals surface area contributed by atoms with Gasteiger partial charge in [0.2, 0.25) is 0 Å². The van der Waals surface area contributed by atoms with Gasteiger partial charge in [0, 0.05) is 12.6 Å². The first-order valence-corrected chi connectivity index (χ1v) is 7.19. The number of hydrogen-bond acceptors (Lipinski definition) is 2. The molecule has 18 heavy (non-hydrogen) atoms. The van der Waals surface area contributed by atoms with Gasteiger partial charge in [0.15, 0.2) is 0 Å². The molecule has 2 heteroatoms. The molecule has 2 rings (SSSR count). The molecule has 2 atom stereocenters. The van der Waals surface area contributed by atoms with E-state index in [9.17, 15) is 0 Å². The highest BCUT2D eigenvalue weighted by atomic mass is 16.5. The molecule has 0 bridgehead atoms. The molecule has 0 aromatic heterocycles. The second-order valence-corrected chi connectivity index (χ2v) is 5.25. The summed E-state index contributed by atoms with van der Waals surface area (Å²) < 4.78 is 5.70. The Balaban J connectivity index is 1.73. The highest BCUT2D eigenvalue weighted by Crippen LogP contribution is 2.16. The van der Waals surface area contributed by atoms with Gasteiger partial charge in [-0.3, -0.25) is 0 Å². The summed E-state index contributed by atoms with van der Waals surface area (Å²) >= 11 is 0. The molecule has 1 aromatic rings. The number of nitrogens with one attached hydrogen (secondary N) is 1. The van der Waals surface area contributed by atoms with Crippen LogP contribution in [0.1, 0.15) is 37.3 Å². The van der Waals surface area contributed by atoms with E-state index in [0.717, 1.165) is 32.4 Å². The lowest BCUT2D eigenvalue weighted by Gasteiger charge is -2.29. The first-order valence-electron chi connectivity index (χ1n) is 7.19. The van der Waals surface area contributed by atoms with Crippen molar-refractivity contribution >= 4 is 0 Å². The second kappa shape index (κ2) is 6.91. The van der Waals surface area contributed by atoms with E-state index in [1.807, 2.05) is 0 Å². The molecule has 1 aromatic carbocycles. The summed E-state index contributed by atoms with van der Waals surface area (Å²) in [5.41, 5.74) is 2.86. The number of aryl methyl sites for hydroxylation is 1. The van der Waals surface area contributed by atoms with E-state index in [-0.39, 0.29) is 0 Å². The Kier molecular flexibility index (Phi) is 5.21. The lowest BCUT2D eigenvalue weighted by Crippen LogP contribution is -2.39. The fraction of sp³-hybridized carbons (Fsp3) is 0.625. The van der Waals surface area contributed by atoms with Crippen molar-refractivity contribution in [2.75, 3.05) is 13.2 Å². The average Bonchev–Trinajstić information content (AvgIpc) is 2.41. The van der Waals surface area contributed by atoms with E-state index in [1.165, 1.54) is 17.5 Å². The van der Waals surface area contributed by atoms with Crippen LogP contribution in [-0.4, -0.2) is 25.3 Å². The normalized spacial score (nSPS) is 24.1. The quantitative estimate of drug-likeness (QED) is 0.863. The maximum absolute atomic E-state index is 5.70. The Hall–Kier alpha value is -0.860. The zero-order valence-electron chi connectivity index (χ0n) is 11.6. The second-order valence-electron chi connectivity index (χ2n) is 5.25. The molecule has 2 nitrogen and oxygen atoms in total. The van der Waals surface area contributed by atoms with Crippen LogP contribution in [0.2, 0.25) is 0 Å². The first kappa shape index (κ1) is 13.6. The van der Waals surface area contributed by atoms with Gasteiger partial charge in [0.05, 0.1) is 6.10 Å². The van der Waals surface area contributed by atoms with Crippen LogP contribution in [0.5, 0.6) is 0 Å². The van der Waals surface area contributed by atoms with Crippen LogP contribution in [0.25, 0.3) is 0 Å². The molecule has 1 heterocycles. The van der Waals surface area contributed by atoms with Crippen molar-refractivity contribution in [2.45, 2.75) is 51.7 Å². The van der Waals surface area contributed by atoms with Gasteiger partial charge < -0.3 is 10.1 Å². The van der Waals surface area contributed by atoms with Gasteiger partial charge in [-0.15, -0.1) is 0 Å². The van der Waals surface area contributed by atoms with Crippen molar-refractivity contribution in [3.8, 4) is 0 Å². The maximum Gasteiger partial charge on any atom is 0.0587 e. The summed E-state index contributed by atoms with van der Waals surface area (Å²) in [7, 11) is 0. The number of rotatable bonds is 5. The van der Waals surface area contributed by atoms with E-state index in [0.29, 0.717) is 12.1 Å². The fourth-order valence-corrected chi connectivity index (χ4v) is 2.65. The Morgan fingerprint density at radius 3 is 2.94 bits per heavy atom. The molecule has 0 radical (unpaired) electrons. The molecule has 100 valence electrons. The van der Waals surface area contributed by atoms with E-state index >= 15 is 0 Å². The van der Waals surface area contributed by atoms with Crippen LogP contribution in [0.4, 0.5) is 0 Å². The van der Waals surface area contributed by atoms with Crippen LogP contribution >= 0.6 is 0 Å². The van der Waals surface area contributed by atoms with Crippen molar-refractivity contribution < 1.29 is 4.74 Å². The molecule has 1 aliphatic heterocycles. The minimum absolute atomic E-state index is 0.467. The molecule has 1 fully saturated rings. The third-order valence-electron chi connectivity index (χ3n) is 3.91. The van der Waals surface area contributed by atoms with Gasteiger partial charge in [-0.2, -0.15) is 0 Å². The smallest absolute Gasteiger partial charge is 0.0587 e. The Labute approximate surface area is 111 Å². The Morgan fingerprint density at radius 1 is 1.33 bits per heavy atom. The standard InChI is InChI=1S/C16H25NO/c1-3-16-12-15(9-11-18-16)17-10-8-14-7-5-4-6-13(14)2/h4-7,15-17H,3,8-12H2,1-2H3. The van der Waals surface area contributed by atoms with Crippen LogP contribution in [0, 0.1) is 6.92 Å². The van der Waals surface area contributed by atoms with Gasteiger partial charge in [-0.05, 0) is 50.3 Å². The lowest BCUT2D eigenvalue weighted by molar-refractivity contribution is 0.000114. The highest BCUT2D eigenvalue weighted by molar-refractivity contribution is 5.25. The van der Waals surface area contributed by atoms with Crippen molar-refractivity contribution in [2.24, 2.45) is 0 Å². The topological polar surface area (TPSA) is 21.3 Å². The van der Waals surface area contributed by atoms with Gasteiger partial charge >= 0.3 is 0 Å². The average molecular weight is 247 g/mol. The van der Waals surface area contributed by atoms with E-state index in [4.69, 9.17) is 4.74 Å².